The second-order valence-corrected chi connectivity index (χ2v) is 4.99. The number of piperazine rings is 1. The van der Waals surface area contributed by atoms with Crippen LogP contribution in [-0.2, 0) is 4.79 Å². The molecule has 1 aliphatic rings. The van der Waals surface area contributed by atoms with E-state index < -0.39 is 0 Å². The van der Waals surface area contributed by atoms with E-state index in [4.69, 9.17) is 4.74 Å². The van der Waals surface area contributed by atoms with Crippen LogP contribution in [0.15, 0.2) is 24.3 Å². The standard InChI is InChI=1S/C15H23N3O2/c1-12(15(19)16-2)17-8-10-18(11-9-17)13-6-4-5-7-14(13)20-3/h4-7,12H,8-11H2,1-3H3,(H,16,19). The Hall–Kier alpha value is -1.75. The maximum absolute atomic E-state index is 11.7. The summed E-state index contributed by atoms with van der Waals surface area (Å²) in [5, 5.41) is 2.71. The SMILES string of the molecule is CNC(=O)C(C)N1CCN(c2ccccc2OC)CC1. The van der Waals surface area contributed by atoms with Crippen LogP contribution in [0.2, 0.25) is 0 Å². The van der Waals surface area contributed by atoms with Crippen molar-refractivity contribution < 1.29 is 9.53 Å². The number of amides is 1. The molecule has 0 aromatic heterocycles. The highest BCUT2D eigenvalue weighted by Gasteiger charge is 2.25. The molecule has 2 rings (SSSR count). The van der Waals surface area contributed by atoms with Crippen molar-refractivity contribution in [2.24, 2.45) is 0 Å². The lowest BCUT2D eigenvalue weighted by molar-refractivity contribution is -0.125. The Morgan fingerprint density at radius 3 is 2.50 bits per heavy atom. The maximum Gasteiger partial charge on any atom is 0.236 e. The number of nitrogens with zero attached hydrogens (tertiary/aromatic N) is 2. The summed E-state index contributed by atoms with van der Waals surface area (Å²) in [4.78, 5) is 16.2. The van der Waals surface area contributed by atoms with Crippen molar-refractivity contribution in [3.63, 3.8) is 0 Å². The van der Waals surface area contributed by atoms with Crippen LogP contribution < -0.4 is 15.0 Å². The summed E-state index contributed by atoms with van der Waals surface area (Å²) < 4.78 is 5.41. The number of ether oxygens (including phenoxy) is 1. The molecular weight excluding hydrogens is 254 g/mol. The number of carbonyl (C=O) groups excluding carboxylic acids is 1. The van der Waals surface area contributed by atoms with Gasteiger partial charge in [0.1, 0.15) is 5.75 Å². The Morgan fingerprint density at radius 2 is 1.90 bits per heavy atom. The lowest BCUT2D eigenvalue weighted by atomic mass is 10.2. The fourth-order valence-corrected chi connectivity index (χ4v) is 2.62. The first-order chi connectivity index (χ1) is 9.67. The number of rotatable bonds is 4. The van der Waals surface area contributed by atoms with E-state index in [-0.39, 0.29) is 11.9 Å². The maximum atomic E-state index is 11.7. The third-order valence-electron chi connectivity index (χ3n) is 3.91. The summed E-state index contributed by atoms with van der Waals surface area (Å²) in [6.45, 7) is 5.53. The molecule has 0 bridgehead atoms. The van der Waals surface area contributed by atoms with Gasteiger partial charge in [0.25, 0.3) is 0 Å². The Kier molecular flexibility index (Phi) is 4.84. The van der Waals surface area contributed by atoms with Gasteiger partial charge in [0.2, 0.25) is 5.91 Å². The second-order valence-electron chi connectivity index (χ2n) is 4.99. The lowest BCUT2D eigenvalue weighted by Gasteiger charge is -2.38. The van der Waals surface area contributed by atoms with Crippen molar-refractivity contribution in [1.29, 1.82) is 0 Å². The van der Waals surface area contributed by atoms with Gasteiger partial charge in [-0.05, 0) is 19.1 Å². The van der Waals surface area contributed by atoms with Crippen LogP contribution in [-0.4, -0.2) is 57.2 Å². The second kappa shape index (κ2) is 6.61. The van der Waals surface area contributed by atoms with E-state index >= 15 is 0 Å². The van der Waals surface area contributed by atoms with Crippen LogP contribution in [0.25, 0.3) is 0 Å². The van der Waals surface area contributed by atoms with Crippen molar-refractivity contribution >= 4 is 11.6 Å². The molecule has 1 saturated heterocycles. The topological polar surface area (TPSA) is 44.8 Å². The fraction of sp³-hybridized carbons (Fsp3) is 0.533. The average Bonchev–Trinajstić information content (AvgIpc) is 2.53. The molecule has 0 aliphatic carbocycles. The minimum absolute atomic E-state index is 0.0696. The molecule has 1 aliphatic heterocycles. The number of methoxy groups -OCH3 is 1. The number of anilines is 1. The van der Waals surface area contributed by atoms with E-state index in [1.54, 1.807) is 14.2 Å². The molecule has 1 unspecified atom stereocenters. The highest BCUT2D eigenvalue weighted by Crippen LogP contribution is 2.28. The van der Waals surface area contributed by atoms with E-state index in [0.717, 1.165) is 37.6 Å². The molecule has 1 aromatic rings. The molecule has 110 valence electrons. The van der Waals surface area contributed by atoms with Gasteiger partial charge in [-0.1, -0.05) is 12.1 Å². The van der Waals surface area contributed by atoms with Gasteiger partial charge in [0.15, 0.2) is 0 Å². The van der Waals surface area contributed by atoms with E-state index in [1.807, 2.05) is 25.1 Å². The van der Waals surface area contributed by atoms with Gasteiger partial charge >= 0.3 is 0 Å². The number of carbonyl (C=O) groups is 1. The Labute approximate surface area is 120 Å². The number of hydrogen-bond donors (Lipinski definition) is 1. The van der Waals surface area contributed by atoms with Crippen LogP contribution >= 0.6 is 0 Å². The highest BCUT2D eigenvalue weighted by atomic mass is 16.5. The monoisotopic (exact) mass is 277 g/mol. The molecule has 0 spiro atoms. The molecule has 1 N–H and O–H groups in total. The van der Waals surface area contributed by atoms with Crippen LogP contribution in [0.4, 0.5) is 5.69 Å². The van der Waals surface area contributed by atoms with Gasteiger partial charge < -0.3 is 15.0 Å². The summed E-state index contributed by atoms with van der Waals surface area (Å²) in [6, 6.07) is 8.00. The zero-order valence-electron chi connectivity index (χ0n) is 12.4. The molecule has 1 heterocycles. The van der Waals surface area contributed by atoms with Gasteiger partial charge in [0.05, 0.1) is 18.8 Å². The van der Waals surface area contributed by atoms with Crippen molar-refractivity contribution in [1.82, 2.24) is 10.2 Å². The predicted octanol–water partition coefficient (Wildman–Crippen LogP) is 0.952. The first-order valence-electron chi connectivity index (χ1n) is 7.01. The van der Waals surface area contributed by atoms with Crippen LogP contribution in [0.1, 0.15) is 6.92 Å². The average molecular weight is 277 g/mol. The summed E-state index contributed by atoms with van der Waals surface area (Å²) in [6.07, 6.45) is 0. The minimum atomic E-state index is -0.0696. The van der Waals surface area contributed by atoms with Gasteiger partial charge in [-0.25, -0.2) is 0 Å². The zero-order chi connectivity index (χ0) is 14.5. The number of nitrogens with one attached hydrogen (secondary N) is 1. The smallest absolute Gasteiger partial charge is 0.236 e. The normalized spacial score (nSPS) is 17.6. The van der Waals surface area contributed by atoms with Crippen molar-refractivity contribution in [2.45, 2.75) is 13.0 Å². The Morgan fingerprint density at radius 1 is 1.25 bits per heavy atom. The van der Waals surface area contributed by atoms with Gasteiger partial charge in [0, 0.05) is 33.2 Å². The van der Waals surface area contributed by atoms with E-state index in [1.165, 1.54) is 0 Å². The van der Waals surface area contributed by atoms with Gasteiger partial charge in [-0.3, -0.25) is 9.69 Å². The molecule has 5 heteroatoms. The van der Waals surface area contributed by atoms with E-state index in [0.29, 0.717) is 0 Å². The number of benzene rings is 1. The minimum Gasteiger partial charge on any atom is -0.495 e. The molecule has 5 nitrogen and oxygen atoms in total. The van der Waals surface area contributed by atoms with Crippen LogP contribution in [0.3, 0.4) is 0 Å². The first-order valence-corrected chi connectivity index (χ1v) is 7.01. The van der Waals surface area contributed by atoms with Gasteiger partial charge in [-0.2, -0.15) is 0 Å². The summed E-state index contributed by atoms with van der Waals surface area (Å²) in [5.74, 6) is 0.982. The molecule has 0 saturated carbocycles. The number of likely N-dealkylation sites (N-methyl/N-ethyl adjacent to an activating group) is 1. The van der Waals surface area contributed by atoms with E-state index in [9.17, 15) is 4.79 Å². The molecule has 1 aromatic carbocycles. The van der Waals surface area contributed by atoms with Crippen LogP contribution in [0.5, 0.6) is 5.75 Å². The Bertz CT molecular complexity index is 456. The zero-order valence-corrected chi connectivity index (χ0v) is 12.4. The molecule has 1 amide bonds. The largest absolute Gasteiger partial charge is 0.495 e. The van der Waals surface area contributed by atoms with Gasteiger partial charge in [-0.15, -0.1) is 0 Å². The van der Waals surface area contributed by atoms with Crippen molar-refractivity contribution in [3.8, 4) is 5.75 Å². The molecule has 1 fully saturated rings. The molecule has 20 heavy (non-hydrogen) atoms. The van der Waals surface area contributed by atoms with Crippen molar-refractivity contribution in [3.05, 3.63) is 24.3 Å². The number of para-hydroxylation sites is 2. The van der Waals surface area contributed by atoms with Crippen molar-refractivity contribution in [2.75, 3.05) is 45.2 Å². The third kappa shape index (κ3) is 3.04. The lowest BCUT2D eigenvalue weighted by Crippen LogP contribution is -2.53. The summed E-state index contributed by atoms with van der Waals surface area (Å²) in [7, 11) is 3.38. The molecular formula is C15H23N3O2. The highest BCUT2D eigenvalue weighted by molar-refractivity contribution is 5.81. The first kappa shape index (κ1) is 14.7. The fourth-order valence-electron chi connectivity index (χ4n) is 2.62. The molecule has 0 radical (unpaired) electrons. The third-order valence-corrected chi connectivity index (χ3v) is 3.91. The summed E-state index contributed by atoms with van der Waals surface area (Å²) in [5.41, 5.74) is 1.13. The van der Waals surface area contributed by atoms with E-state index in [2.05, 4.69) is 21.2 Å². The quantitative estimate of drug-likeness (QED) is 0.890. The predicted molar refractivity (Wildman–Crippen MR) is 80.3 cm³/mol. The Balaban J connectivity index is 1.99. The van der Waals surface area contributed by atoms with Crippen LogP contribution in [0, 0.1) is 0 Å². The molecule has 1 atom stereocenters. The summed E-state index contributed by atoms with van der Waals surface area (Å²) >= 11 is 0. The number of hydrogen-bond acceptors (Lipinski definition) is 4.